The van der Waals surface area contributed by atoms with Crippen molar-refractivity contribution in [3.63, 3.8) is 0 Å². The smallest absolute Gasteiger partial charge is 0.324 e. The summed E-state index contributed by atoms with van der Waals surface area (Å²) in [6.07, 6.45) is 0. The van der Waals surface area contributed by atoms with E-state index in [2.05, 4.69) is 10.4 Å². The van der Waals surface area contributed by atoms with Crippen LogP contribution in [0.4, 0.5) is 4.79 Å². The third-order valence-electron chi connectivity index (χ3n) is 4.59. The molecule has 144 valence electrons. The van der Waals surface area contributed by atoms with E-state index in [9.17, 15) is 14.4 Å². The van der Waals surface area contributed by atoms with Gasteiger partial charge in [0.2, 0.25) is 0 Å². The van der Waals surface area contributed by atoms with Crippen molar-refractivity contribution in [2.75, 3.05) is 26.2 Å². The number of piperazine rings is 1. The molecular weight excluding hydrogens is 366 g/mol. The number of urea groups is 1. The molecular formula is C18H23N5O3S. The highest BCUT2D eigenvalue weighted by molar-refractivity contribution is 7.10. The zero-order valence-corrected chi connectivity index (χ0v) is 16.5. The van der Waals surface area contributed by atoms with Crippen LogP contribution >= 0.6 is 11.3 Å². The number of nitrogens with zero attached hydrogens (tertiary/aromatic N) is 4. The Kier molecular flexibility index (Phi) is 5.59. The highest BCUT2D eigenvalue weighted by atomic mass is 32.1. The number of amides is 4. The van der Waals surface area contributed by atoms with Crippen molar-refractivity contribution in [2.24, 2.45) is 0 Å². The van der Waals surface area contributed by atoms with E-state index in [4.69, 9.17) is 0 Å². The van der Waals surface area contributed by atoms with Crippen molar-refractivity contribution in [1.82, 2.24) is 24.9 Å². The van der Waals surface area contributed by atoms with E-state index in [0.717, 1.165) is 21.2 Å². The Morgan fingerprint density at radius 1 is 1.30 bits per heavy atom. The molecule has 1 atom stereocenters. The van der Waals surface area contributed by atoms with E-state index in [1.165, 1.54) is 4.90 Å². The number of aromatic nitrogens is 2. The number of thiophene rings is 1. The molecule has 4 amide bonds. The molecule has 1 fully saturated rings. The molecule has 9 heteroatoms. The summed E-state index contributed by atoms with van der Waals surface area (Å²) in [6, 6.07) is 5.20. The number of imide groups is 1. The Bertz CT molecular complexity index is 845. The molecule has 0 spiro atoms. The molecule has 2 aromatic rings. The molecule has 1 saturated heterocycles. The van der Waals surface area contributed by atoms with E-state index in [0.29, 0.717) is 13.1 Å². The molecule has 2 aromatic heterocycles. The topological polar surface area (TPSA) is 87.5 Å². The van der Waals surface area contributed by atoms with Crippen LogP contribution in [-0.2, 0) is 9.59 Å². The molecule has 0 saturated carbocycles. The molecule has 27 heavy (non-hydrogen) atoms. The molecule has 0 aliphatic carbocycles. The van der Waals surface area contributed by atoms with Gasteiger partial charge in [0.15, 0.2) is 0 Å². The minimum absolute atomic E-state index is 0.176. The quantitative estimate of drug-likeness (QED) is 0.786. The zero-order valence-electron chi connectivity index (χ0n) is 15.6. The first-order chi connectivity index (χ1) is 12.9. The van der Waals surface area contributed by atoms with Crippen LogP contribution < -0.4 is 5.32 Å². The SMILES string of the molecule is CCN1CCN(C(=O)NC[C@@H](c2cccs2)n2nc(C)cc2C)C(=O)C1=O. The Labute approximate surface area is 161 Å². The van der Waals surface area contributed by atoms with Gasteiger partial charge in [-0.15, -0.1) is 11.3 Å². The molecule has 3 heterocycles. The van der Waals surface area contributed by atoms with Gasteiger partial charge in [-0.3, -0.25) is 19.2 Å². The maximum absolute atomic E-state index is 12.5. The maximum atomic E-state index is 12.5. The van der Waals surface area contributed by atoms with Crippen LogP contribution in [0, 0.1) is 13.8 Å². The molecule has 0 radical (unpaired) electrons. The molecule has 8 nitrogen and oxygen atoms in total. The molecule has 0 unspecified atom stereocenters. The fourth-order valence-corrected chi connectivity index (χ4v) is 4.01. The summed E-state index contributed by atoms with van der Waals surface area (Å²) in [7, 11) is 0. The van der Waals surface area contributed by atoms with Crippen molar-refractivity contribution in [1.29, 1.82) is 0 Å². The molecule has 1 aliphatic rings. The van der Waals surface area contributed by atoms with Crippen LogP contribution in [-0.4, -0.2) is 63.6 Å². The summed E-state index contributed by atoms with van der Waals surface area (Å²) in [6.45, 7) is 6.99. The van der Waals surface area contributed by atoms with Crippen LogP contribution in [0.5, 0.6) is 0 Å². The summed E-state index contributed by atoms with van der Waals surface area (Å²) in [5.74, 6) is -1.41. The number of nitrogens with one attached hydrogen (secondary N) is 1. The van der Waals surface area contributed by atoms with Crippen LogP contribution in [0.15, 0.2) is 23.6 Å². The summed E-state index contributed by atoms with van der Waals surface area (Å²) in [5, 5.41) is 9.31. The minimum atomic E-state index is -0.778. The Morgan fingerprint density at radius 3 is 2.67 bits per heavy atom. The second-order valence-electron chi connectivity index (χ2n) is 6.43. The monoisotopic (exact) mass is 389 g/mol. The van der Waals surface area contributed by atoms with Gasteiger partial charge < -0.3 is 10.2 Å². The molecule has 1 aliphatic heterocycles. The van der Waals surface area contributed by atoms with Crippen LogP contribution in [0.3, 0.4) is 0 Å². The van der Waals surface area contributed by atoms with Crippen molar-refractivity contribution in [3.8, 4) is 0 Å². The second-order valence-corrected chi connectivity index (χ2v) is 7.41. The average Bonchev–Trinajstić information content (AvgIpc) is 3.27. The van der Waals surface area contributed by atoms with Crippen molar-refractivity contribution in [2.45, 2.75) is 26.8 Å². The van der Waals surface area contributed by atoms with E-state index in [-0.39, 0.29) is 19.1 Å². The Balaban J connectivity index is 1.72. The van der Waals surface area contributed by atoms with Gasteiger partial charge in [-0.05, 0) is 38.3 Å². The van der Waals surface area contributed by atoms with Crippen LogP contribution in [0.1, 0.15) is 29.2 Å². The Hall–Kier alpha value is -2.68. The number of aryl methyl sites for hydroxylation is 2. The predicted molar refractivity (Wildman–Crippen MR) is 102 cm³/mol. The van der Waals surface area contributed by atoms with Gasteiger partial charge in [0.1, 0.15) is 6.04 Å². The second kappa shape index (κ2) is 7.91. The van der Waals surface area contributed by atoms with Gasteiger partial charge in [-0.2, -0.15) is 5.10 Å². The fraction of sp³-hybridized carbons (Fsp3) is 0.444. The van der Waals surface area contributed by atoms with Gasteiger partial charge in [0.05, 0.1) is 5.69 Å². The number of likely N-dealkylation sites (N-methyl/N-ethyl adjacent to an activating group) is 1. The third kappa shape index (κ3) is 3.87. The normalized spacial score (nSPS) is 16.0. The molecule has 1 N–H and O–H groups in total. The van der Waals surface area contributed by atoms with Gasteiger partial charge in [-0.1, -0.05) is 6.07 Å². The van der Waals surface area contributed by atoms with E-state index in [1.54, 1.807) is 18.3 Å². The zero-order chi connectivity index (χ0) is 19.6. The largest absolute Gasteiger partial charge is 0.335 e. The average molecular weight is 389 g/mol. The molecule has 3 rings (SSSR count). The third-order valence-corrected chi connectivity index (χ3v) is 5.57. The summed E-state index contributed by atoms with van der Waals surface area (Å²) in [5.41, 5.74) is 1.89. The van der Waals surface area contributed by atoms with E-state index >= 15 is 0 Å². The van der Waals surface area contributed by atoms with Gasteiger partial charge in [0, 0.05) is 36.8 Å². The first-order valence-electron chi connectivity index (χ1n) is 8.87. The van der Waals surface area contributed by atoms with Crippen LogP contribution in [0.25, 0.3) is 0 Å². The van der Waals surface area contributed by atoms with Crippen molar-refractivity contribution < 1.29 is 14.4 Å². The van der Waals surface area contributed by atoms with Crippen LogP contribution in [0.2, 0.25) is 0 Å². The number of carbonyl (C=O) groups excluding carboxylic acids is 3. The van der Waals surface area contributed by atoms with Crippen molar-refractivity contribution >= 4 is 29.2 Å². The first-order valence-corrected chi connectivity index (χ1v) is 9.75. The highest BCUT2D eigenvalue weighted by Crippen LogP contribution is 2.24. The number of carbonyl (C=O) groups is 3. The lowest BCUT2D eigenvalue weighted by atomic mass is 10.2. The number of rotatable bonds is 5. The summed E-state index contributed by atoms with van der Waals surface area (Å²) >= 11 is 1.58. The molecule has 0 aromatic carbocycles. The maximum Gasteiger partial charge on any atom is 0.324 e. The fourth-order valence-electron chi connectivity index (χ4n) is 3.20. The number of hydrogen-bond acceptors (Lipinski definition) is 5. The Morgan fingerprint density at radius 2 is 2.07 bits per heavy atom. The predicted octanol–water partition coefficient (Wildman–Crippen LogP) is 1.55. The van der Waals surface area contributed by atoms with Gasteiger partial charge in [-0.25, -0.2) is 4.79 Å². The van der Waals surface area contributed by atoms with Gasteiger partial charge >= 0.3 is 17.8 Å². The van der Waals surface area contributed by atoms with E-state index < -0.39 is 17.8 Å². The lowest BCUT2D eigenvalue weighted by Crippen LogP contribution is -2.58. The highest BCUT2D eigenvalue weighted by Gasteiger charge is 2.35. The summed E-state index contributed by atoms with van der Waals surface area (Å²) in [4.78, 5) is 40.2. The standard InChI is InChI=1S/C18H23N5O3S/c1-4-21-7-8-22(17(25)16(21)24)18(26)19-11-14(15-6-5-9-27-15)23-13(3)10-12(2)20-23/h5-6,9-10,14H,4,7-8,11H2,1-3H3,(H,19,26)/t14-/m0/s1. The lowest BCUT2D eigenvalue weighted by Gasteiger charge is -2.32. The minimum Gasteiger partial charge on any atom is -0.335 e. The summed E-state index contributed by atoms with van der Waals surface area (Å²) < 4.78 is 1.88. The molecule has 0 bridgehead atoms. The first kappa shape index (κ1) is 19.1. The van der Waals surface area contributed by atoms with Crippen molar-refractivity contribution in [3.05, 3.63) is 39.8 Å². The number of hydrogen-bond donors (Lipinski definition) is 1. The van der Waals surface area contributed by atoms with Gasteiger partial charge in [0.25, 0.3) is 0 Å². The lowest BCUT2D eigenvalue weighted by molar-refractivity contribution is -0.153. The van der Waals surface area contributed by atoms with E-state index in [1.807, 2.05) is 42.1 Å².